The van der Waals surface area contributed by atoms with Gasteiger partial charge in [0.15, 0.2) is 11.5 Å². The van der Waals surface area contributed by atoms with Crippen molar-refractivity contribution in [2.45, 2.75) is 44.1 Å². The summed E-state index contributed by atoms with van der Waals surface area (Å²) in [6.45, 7) is -0.227. The number of nitrogens with one attached hydrogen (secondary N) is 1. The SMILES string of the molecule is O=C1C[C@H](c2ccc(OCF)c(OC3CCCC3)c2)CN1. The Balaban J connectivity index is 1.80. The van der Waals surface area contributed by atoms with Gasteiger partial charge in [0.1, 0.15) is 0 Å². The molecule has 114 valence electrons. The summed E-state index contributed by atoms with van der Waals surface area (Å²) >= 11 is 0. The van der Waals surface area contributed by atoms with Crippen LogP contribution >= 0.6 is 0 Å². The Morgan fingerprint density at radius 3 is 2.71 bits per heavy atom. The number of amides is 1. The summed E-state index contributed by atoms with van der Waals surface area (Å²) in [5.41, 5.74) is 1.03. The van der Waals surface area contributed by atoms with Gasteiger partial charge in [-0.2, -0.15) is 0 Å². The first kappa shape index (κ1) is 14.2. The van der Waals surface area contributed by atoms with Gasteiger partial charge in [0.05, 0.1) is 6.10 Å². The van der Waals surface area contributed by atoms with Gasteiger partial charge >= 0.3 is 0 Å². The van der Waals surface area contributed by atoms with Gasteiger partial charge in [0.2, 0.25) is 12.8 Å². The Labute approximate surface area is 123 Å². The molecule has 0 spiro atoms. The zero-order chi connectivity index (χ0) is 14.7. The molecule has 1 aliphatic carbocycles. The highest BCUT2D eigenvalue weighted by Gasteiger charge is 2.25. The van der Waals surface area contributed by atoms with Crippen LogP contribution in [0.1, 0.15) is 43.6 Å². The van der Waals surface area contributed by atoms with Crippen molar-refractivity contribution in [3.05, 3.63) is 23.8 Å². The lowest BCUT2D eigenvalue weighted by Gasteiger charge is -2.18. The highest BCUT2D eigenvalue weighted by atomic mass is 19.1. The van der Waals surface area contributed by atoms with E-state index >= 15 is 0 Å². The van der Waals surface area contributed by atoms with Gasteiger partial charge in [0, 0.05) is 18.9 Å². The molecule has 1 amide bonds. The quantitative estimate of drug-likeness (QED) is 0.908. The van der Waals surface area contributed by atoms with E-state index in [1.54, 1.807) is 6.07 Å². The van der Waals surface area contributed by atoms with Crippen LogP contribution in [0, 0.1) is 0 Å². The standard InChI is InChI=1S/C16H20FNO3/c17-10-20-14-6-5-11(12-8-16(19)18-9-12)7-15(14)21-13-3-1-2-4-13/h5-7,12-13H,1-4,8-10H2,(H,18,19)/t12-/m0/s1. The monoisotopic (exact) mass is 293 g/mol. The molecule has 21 heavy (non-hydrogen) atoms. The summed E-state index contributed by atoms with van der Waals surface area (Å²) in [4.78, 5) is 11.3. The Bertz CT molecular complexity index is 514. The molecular weight excluding hydrogens is 273 g/mol. The molecule has 0 bridgehead atoms. The molecule has 4 nitrogen and oxygen atoms in total. The predicted octanol–water partition coefficient (Wildman–Crippen LogP) is 2.92. The summed E-state index contributed by atoms with van der Waals surface area (Å²) in [6.07, 6.45) is 5.08. The molecule has 0 radical (unpaired) electrons. The minimum absolute atomic E-state index is 0.0716. The predicted molar refractivity (Wildman–Crippen MR) is 76.3 cm³/mol. The number of rotatable bonds is 5. The zero-order valence-corrected chi connectivity index (χ0v) is 11.9. The summed E-state index contributed by atoms with van der Waals surface area (Å²) < 4.78 is 23.5. The molecule has 1 saturated heterocycles. The third-order valence-electron chi connectivity index (χ3n) is 4.22. The third kappa shape index (κ3) is 3.28. The number of alkyl halides is 1. The molecule has 1 atom stereocenters. The summed E-state index contributed by atoms with van der Waals surface area (Å²) in [7, 11) is 0. The van der Waals surface area contributed by atoms with Crippen molar-refractivity contribution in [1.82, 2.24) is 5.32 Å². The average molecular weight is 293 g/mol. The maximum Gasteiger partial charge on any atom is 0.228 e. The lowest BCUT2D eigenvalue weighted by molar-refractivity contribution is -0.119. The van der Waals surface area contributed by atoms with Crippen molar-refractivity contribution in [3.63, 3.8) is 0 Å². The lowest BCUT2D eigenvalue weighted by atomic mass is 9.98. The molecule has 2 aliphatic rings. The first-order valence-electron chi connectivity index (χ1n) is 7.52. The van der Waals surface area contributed by atoms with E-state index in [1.165, 1.54) is 12.8 Å². The van der Waals surface area contributed by atoms with E-state index in [1.807, 2.05) is 12.1 Å². The largest absolute Gasteiger partial charge is 0.487 e. The van der Waals surface area contributed by atoms with Crippen LogP contribution in [0.25, 0.3) is 0 Å². The number of carbonyl (C=O) groups is 1. The van der Waals surface area contributed by atoms with Gasteiger partial charge in [-0.3, -0.25) is 4.79 Å². The van der Waals surface area contributed by atoms with Crippen LogP contribution in [0.3, 0.4) is 0 Å². The number of hydrogen-bond acceptors (Lipinski definition) is 3. The van der Waals surface area contributed by atoms with Crippen molar-refractivity contribution in [2.75, 3.05) is 13.4 Å². The summed E-state index contributed by atoms with van der Waals surface area (Å²) in [6, 6.07) is 5.52. The molecule has 0 unspecified atom stereocenters. The molecule has 1 N–H and O–H groups in total. The van der Waals surface area contributed by atoms with Gasteiger partial charge in [0.25, 0.3) is 0 Å². The van der Waals surface area contributed by atoms with Crippen molar-refractivity contribution >= 4 is 5.91 Å². The van der Waals surface area contributed by atoms with E-state index in [0.717, 1.165) is 18.4 Å². The minimum Gasteiger partial charge on any atom is -0.487 e. The number of benzene rings is 1. The van der Waals surface area contributed by atoms with Crippen molar-refractivity contribution < 1.29 is 18.7 Å². The zero-order valence-electron chi connectivity index (χ0n) is 11.9. The van der Waals surface area contributed by atoms with Crippen molar-refractivity contribution in [2.24, 2.45) is 0 Å². The Morgan fingerprint density at radius 2 is 2.05 bits per heavy atom. The molecule has 3 rings (SSSR count). The summed E-state index contributed by atoms with van der Waals surface area (Å²) in [5.74, 6) is 1.26. The maximum absolute atomic E-state index is 12.5. The van der Waals surface area contributed by atoms with Gasteiger partial charge < -0.3 is 14.8 Å². The Kier molecular flexibility index (Phi) is 4.27. The van der Waals surface area contributed by atoms with Gasteiger partial charge in [-0.05, 0) is 43.4 Å². The fraction of sp³-hybridized carbons (Fsp3) is 0.562. The molecule has 2 fully saturated rings. The lowest BCUT2D eigenvalue weighted by Crippen LogP contribution is -2.14. The fourth-order valence-electron chi connectivity index (χ4n) is 3.08. The van der Waals surface area contributed by atoms with Crippen LogP contribution in [0.15, 0.2) is 18.2 Å². The molecule has 1 heterocycles. The third-order valence-corrected chi connectivity index (χ3v) is 4.22. The molecule has 1 aromatic rings. The number of carbonyl (C=O) groups excluding carboxylic acids is 1. The number of ether oxygens (including phenoxy) is 2. The molecule has 1 aliphatic heterocycles. The Morgan fingerprint density at radius 1 is 1.24 bits per heavy atom. The van der Waals surface area contributed by atoms with Crippen LogP contribution < -0.4 is 14.8 Å². The second kappa shape index (κ2) is 6.33. The van der Waals surface area contributed by atoms with E-state index in [9.17, 15) is 9.18 Å². The Hall–Kier alpha value is -1.78. The highest BCUT2D eigenvalue weighted by Crippen LogP contribution is 2.35. The minimum atomic E-state index is -0.871. The second-order valence-corrected chi connectivity index (χ2v) is 5.69. The first-order chi connectivity index (χ1) is 10.3. The smallest absolute Gasteiger partial charge is 0.228 e. The molecular formula is C16H20FNO3. The fourth-order valence-corrected chi connectivity index (χ4v) is 3.08. The van der Waals surface area contributed by atoms with E-state index < -0.39 is 6.86 Å². The number of hydrogen-bond donors (Lipinski definition) is 1. The van der Waals surface area contributed by atoms with Crippen LogP contribution in [0.5, 0.6) is 11.5 Å². The maximum atomic E-state index is 12.5. The van der Waals surface area contributed by atoms with E-state index in [0.29, 0.717) is 24.5 Å². The normalized spacial score (nSPS) is 22.3. The van der Waals surface area contributed by atoms with Crippen LogP contribution in [-0.4, -0.2) is 25.4 Å². The van der Waals surface area contributed by atoms with Crippen LogP contribution in [0.2, 0.25) is 0 Å². The average Bonchev–Trinajstić information content (AvgIpc) is 3.13. The molecule has 5 heteroatoms. The topological polar surface area (TPSA) is 47.6 Å². The van der Waals surface area contributed by atoms with Gasteiger partial charge in [-0.25, -0.2) is 4.39 Å². The van der Waals surface area contributed by atoms with Crippen molar-refractivity contribution in [1.29, 1.82) is 0 Å². The van der Waals surface area contributed by atoms with Gasteiger partial charge in [-0.15, -0.1) is 0 Å². The molecule has 1 aromatic carbocycles. The summed E-state index contributed by atoms with van der Waals surface area (Å²) in [5, 5.41) is 2.83. The highest BCUT2D eigenvalue weighted by molar-refractivity contribution is 5.79. The van der Waals surface area contributed by atoms with E-state index in [4.69, 9.17) is 9.47 Å². The molecule has 0 aromatic heterocycles. The van der Waals surface area contributed by atoms with Gasteiger partial charge in [-0.1, -0.05) is 6.07 Å². The van der Waals surface area contributed by atoms with E-state index in [-0.39, 0.29) is 17.9 Å². The number of halogens is 1. The van der Waals surface area contributed by atoms with Crippen molar-refractivity contribution in [3.8, 4) is 11.5 Å². The first-order valence-corrected chi connectivity index (χ1v) is 7.52. The van der Waals surface area contributed by atoms with Crippen LogP contribution in [-0.2, 0) is 4.79 Å². The molecule has 1 saturated carbocycles. The second-order valence-electron chi connectivity index (χ2n) is 5.69. The van der Waals surface area contributed by atoms with Crippen LogP contribution in [0.4, 0.5) is 4.39 Å². The van der Waals surface area contributed by atoms with E-state index in [2.05, 4.69) is 5.32 Å².